The van der Waals surface area contributed by atoms with Gasteiger partial charge >= 0.3 is 0 Å². The lowest BCUT2D eigenvalue weighted by Crippen LogP contribution is -2.24. The van der Waals surface area contributed by atoms with Crippen LogP contribution in [0.2, 0.25) is 0 Å². The molecule has 1 aliphatic rings. The Kier molecular flexibility index (Phi) is 3.03. The van der Waals surface area contributed by atoms with Crippen LogP contribution in [0.15, 0.2) is 24.4 Å². The number of aromatic nitrogens is 2. The van der Waals surface area contributed by atoms with E-state index < -0.39 is 0 Å². The Bertz CT molecular complexity index is 576. The van der Waals surface area contributed by atoms with E-state index in [9.17, 15) is 0 Å². The molecule has 0 aliphatic heterocycles. The molecule has 1 aliphatic carbocycles. The lowest BCUT2D eigenvalue weighted by Gasteiger charge is -2.27. The highest BCUT2D eigenvalue weighted by atomic mass is 16.5. The van der Waals surface area contributed by atoms with Crippen molar-refractivity contribution in [3.63, 3.8) is 0 Å². The minimum Gasteiger partial charge on any atom is -0.493 e. The first-order valence-corrected chi connectivity index (χ1v) is 6.42. The van der Waals surface area contributed by atoms with Crippen LogP contribution in [0.5, 0.6) is 11.5 Å². The van der Waals surface area contributed by atoms with Crippen LogP contribution in [0, 0.1) is 0 Å². The van der Waals surface area contributed by atoms with Crippen molar-refractivity contribution in [2.45, 2.75) is 25.4 Å². The van der Waals surface area contributed by atoms with E-state index in [1.165, 1.54) is 6.42 Å². The van der Waals surface area contributed by atoms with Gasteiger partial charge in [0.2, 0.25) is 0 Å². The number of aromatic amines is 1. The van der Waals surface area contributed by atoms with Gasteiger partial charge in [0.05, 0.1) is 19.4 Å². The Morgan fingerprint density at radius 1 is 1.32 bits per heavy atom. The maximum atomic E-state index is 5.95. The number of nitrogen functional groups attached to an aromatic ring is 1. The molecule has 3 N–H and O–H groups in total. The molecule has 1 heterocycles. The van der Waals surface area contributed by atoms with Crippen molar-refractivity contribution < 1.29 is 9.47 Å². The van der Waals surface area contributed by atoms with Gasteiger partial charge in [-0.1, -0.05) is 6.07 Å². The number of anilines is 1. The highest BCUT2D eigenvalue weighted by Crippen LogP contribution is 2.36. The number of nitrogens with zero attached hydrogens (tertiary/aromatic N) is 1. The van der Waals surface area contributed by atoms with Crippen LogP contribution in [0.3, 0.4) is 0 Å². The molecular formula is C14H17N3O2. The standard InChI is InChI=1S/C14H17N3O2/c1-18-12-6-5-9(11-8-16-17-14(11)15)7-13(12)19-10-3-2-4-10/h5-8,10H,2-4H2,1H3,(H3,15,16,17). The van der Waals surface area contributed by atoms with E-state index in [-0.39, 0.29) is 0 Å². The molecule has 0 radical (unpaired) electrons. The number of rotatable bonds is 4. The summed E-state index contributed by atoms with van der Waals surface area (Å²) in [6.45, 7) is 0. The van der Waals surface area contributed by atoms with E-state index in [4.69, 9.17) is 15.2 Å². The summed E-state index contributed by atoms with van der Waals surface area (Å²) >= 11 is 0. The lowest BCUT2D eigenvalue weighted by atomic mass is 9.96. The molecule has 19 heavy (non-hydrogen) atoms. The molecule has 1 fully saturated rings. The van der Waals surface area contributed by atoms with Gasteiger partial charge in [-0.25, -0.2) is 0 Å². The van der Waals surface area contributed by atoms with Crippen LogP contribution < -0.4 is 15.2 Å². The van der Waals surface area contributed by atoms with E-state index >= 15 is 0 Å². The quantitative estimate of drug-likeness (QED) is 0.885. The summed E-state index contributed by atoms with van der Waals surface area (Å²) in [5, 5.41) is 6.67. The third-order valence-electron chi connectivity index (χ3n) is 3.49. The van der Waals surface area contributed by atoms with Crippen LogP contribution in [-0.2, 0) is 0 Å². The molecule has 0 amide bonds. The van der Waals surface area contributed by atoms with Gasteiger partial charge in [0, 0.05) is 5.56 Å². The van der Waals surface area contributed by atoms with Gasteiger partial charge in [0.1, 0.15) is 5.82 Å². The summed E-state index contributed by atoms with van der Waals surface area (Å²) in [4.78, 5) is 0. The minimum absolute atomic E-state index is 0.311. The van der Waals surface area contributed by atoms with Crippen LogP contribution in [0.4, 0.5) is 5.82 Å². The number of hydrogen-bond donors (Lipinski definition) is 2. The predicted octanol–water partition coefficient (Wildman–Crippen LogP) is 2.60. The van der Waals surface area contributed by atoms with E-state index in [2.05, 4.69) is 10.2 Å². The van der Waals surface area contributed by atoms with Crippen molar-refractivity contribution >= 4 is 5.82 Å². The van der Waals surface area contributed by atoms with Crippen molar-refractivity contribution in [3.05, 3.63) is 24.4 Å². The largest absolute Gasteiger partial charge is 0.493 e. The Balaban J connectivity index is 1.94. The maximum Gasteiger partial charge on any atom is 0.162 e. The Morgan fingerprint density at radius 3 is 2.74 bits per heavy atom. The molecule has 100 valence electrons. The monoisotopic (exact) mass is 259 g/mol. The molecule has 0 spiro atoms. The second-order valence-corrected chi connectivity index (χ2v) is 4.73. The third kappa shape index (κ3) is 2.23. The lowest BCUT2D eigenvalue weighted by molar-refractivity contribution is 0.116. The van der Waals surface area contributed by atoms with E-state index in [0.717, 1.165) is 35.5 Å². The molecule has 3 rings (SSSR count). The molecule has 0 unspecified atom stereocenters. The molecule has 1 saturated carbocycles. The molecule has 0 bridgehead atoms. The van der Waals surface area contributed by atoms with Gasteiger partial charge in [-0.3, -0.25) is 5.10 Å². The van der Waals surface area contributed by atoms with Gasteiger partial charge in [-0.2, -0.15) is 5.10 Å². The first-order chi connectivity index (χ1) is 9.28. The van der Waals surface area contributed by atoms with Gasteiger partial charge in [-0.05, 0) is 37.0 Å². The van der Waals surface area contributed by atoms with Crippen molar-refractivity contribution in [3.8, 4) is 22.6 Å². The number of nitrogens with one attached hydrogen (secondary N) is 1. The van der Waals surface area contributed by atoms with Crippen LogP contribution in [-0.4, -0.2) is 23.4 Å². The average Bonchev–Trinajstić information content (AvgIpc) is 2.80. The topological polar surface area (TPSA) is 73.2 Å². The highest BCUT2D eigenvalue weighted by molar-refractivity contribution is 5.75. The number of methoxy groups -OCH3 is 1. The Morgan fingerprint density at radius 2 is 2.16 bits per heavy atom. The predicted molar refractivity (Wildman–Crippen MR) is 73.3 cm³/mol. The van der Waals surface area contributed by atoms with Crippen LogP contribution in [0.25, 0.3) is 11.1 Å². The van der Waals surface area contributed by atoms with Gasteiger partial charge in [0.25, 0.3) is 0 Å². The molecule has 2 aromatic rings. The summed E-state index contributed by atoms with van der Waals surface area (Å²) in [5.74, 6) is 2.07. The number of ether oxygens (including phenoxy) is 2. The Labute approximate surface area is 111 Å². The zero-order valence-electron chi connectivity index (χ0n) is 10.8. The molecule has 5 nitrogen and oxygen atoms in total. The molecule has 0 atom stereocenters. The Hall–Kier alpha value is -2.17. The molecule has 0 saturated heterocycles. The first kappa shape index (κ1) is 11.9. The van der Waals surface area contributed by atoms with Crippen LogP contribution in [0.1, 0.15) is 19.3 Å². The summed E-state index contributed by atoms with van der Waals surface area (Å²) in [6, 6.07) is 5.81. The summed E-state index contributed by atoms with van der Waals surface area (Å²) < 4.78 is 11.3. The van der Waals surface area contributed by atoms with Crippen molar-refractivity contribution in [1.29, 1.82) is 0 Å². The normalized spacial score (nSPS) is 15.0. The van der Waals surface area contributed by atoms with E-state index in [1.807, 2.05) is 18.2 Å². The molecular weight excluding hydrogens is 242 g/mol. The maximum absolute atomic E-state index is 5.95. The highest BCUT2D eigenvalue weighted by Gasteiger charge is 2.21. The van der Waals surface area contributed by atoms with Crippen molar-refractivity contribution in [2.24, 2.45) is 0 Å². The van der Waals surface area contributed by atoms with E-state index in [0.29, 0.717) is 11.9 Å². The summed E-state index contributed by atoms with van der Waals surface area (Å²) in [5.41, 5.74) is 7.69. The smallest absolute Gasteiger partial charge is 0.162 e. The molecule has 1 aromatic carbocycles. The van der Waals surface area contributed by atoms with E-state index in [1.54, 1.807) is 13.3 Å². The van der Waals surface area contributed by atoms with Gasteiger partial charge < -0.3 is 15.2 Å². The summed E-state index contributed by atoms with van der Waals surface area (Å²) in [6.07, 6.45) is 5.49. The third-order valence-corrected chi connectivity index (χ3v) is 3.49. The number of H-pyrrole nitrogens is 1. The summed E-state index contributed by atoms with van der Waals surface area (Å²) in [7, 11) is 1.65. The molecule has 5 heteroatoms. The number of nitrogens with two attached hydrogens (primary N) is 1. The second-order valence-electron chi connectivity index (χ2n) is 4.73. The molecule has 1 aromatic heterocycles. The SMILES string of the molecule is COc1ccc(-c2cn[nH]c2N)cc1OC1CCC1. The fourth-order valence-electron chi connectivity index (χ4n) is 2.13. The number of benzene rings is 1. The van der Waals surface area contributed by atoms with Crippen molar-refractivity contribution in [1.82, 2.24) is 10.2 Å². The fraction of sp³-hybridized carbons (Fsp3) is 0.357. The van der Waals surface area contributed by atoms with Gasteiger partial charge in [0.15, 0.2) is 11.5 Å². The fourth-order valence-corrected chi connectivity index (χ4v) is 2.13. The zero-order chi connectivity index (χ0) is 13.2. The zero-order valence-corrected chi connectivity index (χ0v) is 10.8. The van der Waals surface area contributed by atoms with Crippen LogP contribution >= 0.6 is 0 Å². The minimum atomic E-state index is 0.311. The number of hydrogen-bond acceptors (Lipinski definition) is 4. The first-order valence-electron chi connectivity index (χ1n) is 6.42. The van der Waals surface area contributed by atoms with Crippen molar-refractivity contribution in [2.75, 3.05) is 12.8 Å². The van der Waals surface area contributed by atoms with Gasteiger partial charge in [-0.15, -0.1) is 0 Å². The second kappa shape index (κ2) is 4.84. The average molecular weight is 259 g/mol.